The van der Waals surface area contributed by atoms with Gasteiger partial charge in [-0.05, 0) is 56.8 Å². The van der Waals surface area contributed by atoms with Crippen LogP contribution in [-0.4, -0.2) is 10.9 Å². The Balaban J connectivity index is 1.94. The Labute approximate surface area is 158 Å². The number of ketones is 1. The minimum Gasteiger partial charge on any atom is -0.289 e. The zero-order valence-corrected chi connectivity index (χ0v) is 15.9. The third-order valence-electron chi connectivity index (χ3n) is 4.18. The van der Waals surface area contributed by atoms with Crippen LogP contribution in [0.25, 0.3) is 0 Å². The molecular weight excluding hydrogens is 340 g/mol. The van der Waals surface area contributed by atoms with Crippen molar-refractivity contribution in [1.82, 2.24) is 0 Å². The fourth-order valence-corrected chi connectivity index (χ4v) is 3.43. The maximum atomic E-state index is 13.0. The Morgan fingerprint density at radius 3 is 1.81 bits per heavy atom. The van der Waals surface area contributed by atoms with Crippen LogP contribution in [0, 0.1) is 20.8 Å². The summed E-state index contributed by atoms with van der Waals surface area (Å²) in [5, 5.41) is -0.121. The average molecular weight is 360 g/mol. The first-order valence-electron chi connectivity index (χ1n) is 8.45. The first-order valence-corrected chi connectivity index (χ1v) is 9.26. The molecule has 0 aliphatic heterocycles. The lowest BCUT2D eigenvalue weighted by atomic mass is 9.96. The van der Waals surface area contributed by atoms with Gasteiger partial charge in [0.1, 0.15) is 0 Å². The standard InChI is InChI=1S/C23H20O2S/c1-15-4-9-18(10-5-15)22(24)21-14-17(3)8-13-20(21)23(25)26-19-11-6-16(2)7-12-19/h4-14H,1-3H3. The Kier molecular flexibility index (Phi) is 5.38. The van der Waals surface area contributed by atoms with E-state index in [4.69, 9.17) is 0 Å². The molecular formula is C23H20O2S. The number of hydrogen-bond acceptors (Lipinski definition) is 3. The van der Waals surface area contributed by atoms with E-state index in [2.05, 4.69) is 0 Å². The van der Waals surface area contributed by atoms with Gasteiger partial charge < -0.3 is 0 Å². The highest BCUT2D eigenvalue weighted by atomic mass is 32.2. The molecule has 0 saturated heterocycles. The third kappa shape index (κ3) is 4.12. The van der Waals surface area contributed by atoms with E-state index in [0.717, 1.165) is 33.3 Å². The number of thioether (sulfide) groups is 1. The van der Waals surface area contributed by atoms with E-state index in [-0.39, 0.29) is 10.9 Å². The Morgan fingerprint density at radius 2 is 1.19 bits per heavy atom. The maximum absolute atomic E-state index is 13.0. The minimum absolute atomic E-state index is 0.121. The van der Waals surface area contributed by atoms with Crippen molar-refractivity contribution in [2.45, 2.75) is 25.7 Å². The van der Waals surface area contributed by atoms with Crippen molar-refractivity contribution in [3.8, 4) is 0 Å². The summed E-state index contributed by atoms with van der Waals surface area (Å²) < 4.78 is 0. The summed E-state index contributed by atoms with van der Waals surface area (Å²) in [6.07, 6.45) is 0. The van der Waals surface area contributed by atoms with E-state index >= 15 is 0 Å². The smallest absolute Gasteiger partial charge is 0.224 e. The fraction of sp³-hybridized carbons (Fsp3) is 0.130. The van der Waals surface area contributed by atoms with Crippen LogP contribution in [0.1, 0.15) is 43.0 Å². The summed E-state index contributed by atoms with van der Waals surface area (Å²) in [4.78, 5) is 26.7. The average Bonchev–Trinajstić information content (AvgIpc) is 2.63. The second-order valence-electron chi connectivity index (χ2n) is 6.45. The molecule has 3 heteroatoms. The molecule has 3 rings (SSSR count). The Morgan fingerprint density at radius 1 is 0.654 bits per heavy atom. The number of carbonyl (C=O) groups excluding carboxylic acids is 2. The van der Waals surface area contributed by atoms with Crippen molar-refractivity contribution in [2.24, 2.45) is 0 Å². The van der Waals surface area contributed by atoms with E-state index in [1.165, 1.54) is 0 Å². The molecule has 0 spiro atoms. The quantitative estimate of drug-likeness (QED) is 0.437. The van der Waals surface area contributed by atoms with E-state index in [1.807, 2.05) is 63.2 Å². The molecule has 0 atom stereocenters. The van der Waals surface area contributed by atoms with E-state index < -0.39 is 0 Å². The van der Waals surface area contributed by atoms with Gasteiger partial charge in [-0.2, -0.15) is 0 Å². The van der Waals surface area contributed by atoms with Gasteiger partial charge in [-0.25, -0.2) is 0 Å². The molecule has 130 valence electrons. The van der Waals surface area contributed by atoms with Gasteiger partial charge in [0.15, 0.2) is 5.78 Å². The molecule has 0 saturated carbocycles. The van der Waals surface area contributed by atoms with E-state index in [9.17, 15) is 9.59 Å². The van der Waals surface area contributed by atoms with Gasteiger partial charge in [0.05, 0.1) is 0 Å². The summed E-state index contributed by atoms with van der Waals surface area (Å²) in [5.74, 6) is -0.124. The first kappa shape index (κ1) is 18.2. The van der Waals surface area contributed by atoms with Crippen LogP contribution in [0.3, 0.4) is 0 Å². The lowest BCUT2D eigenvalue weighted by Gasteiger charge is -2.10. The fourth-order valence-electron chi connectivity index (χ4n) is 2.65. The predicted molar refractivity (Wildman–Crippen MR) is 107 cm³/mol. The molecule has 26 heavy (non-hydrogen) atoms. The monoisotopic (exact) mass is 360 g/mol. The second-order valence-corrected chi connectivity index (χ2v) is 7.49. The largest absolute Gasteiger partial charge is 0.289 e. The van der Waals surface area contributed by atoms with Gasteiger partial charge in [-0.15, -0.1) is 0 Å². The highest BCUT2D eigenvalue weighted by Crippen LogP contribution is 2.27. The van der Waals surface area contributed by atoms with Crippen LogP contribution in [0.5, 0.6) is 0 Å². The van der Waals surface area contributed by atoms with E-state index in [0.29, 0.717) is 16.7 Å². The minimum atomic E-state index is -0.124. The van der Waals surface area contributed by atoms with Crippen molar-refractivity contribution in [1.29, 1.82) is 0 Å². The van der Waals surface area contributed by atoms with Gasteiger partial charge in [-0.1, -0.05) is 59.2 Å². The summed E-state index contributed by atoms with van der Waals surface area (Å²) >= 11 is 1.15. The van der Waals surface area contributed by atoms with Gasteiger partial charge >= 0.3 is 0 Å². The zero-order valence-electron chi connectivity index (χ0n) is 15.1. The summed E-state index contributed by atoms with van der Waals surface area (Å²) in [6.45, 7) is 5.91. The molecule has 0 fully saturated rings. The Bertz CT molecular complexity index is 955. The van der Waals surface area contributed by atoms with Gasteiger partial charge in [0.25, 0.3) is 0 Å². The predicted octanol–water partition coefficient (Wildman–Crippen LogP) is 5.78. The van der Waals surface area contributed by atoms with Crippen molar-refractivity contribution in [2.75, 3.05) is 0 Å². The van der Waals surface area contributed by atoms with Crippen molar-refractivity contribution >= 4 is 22.7 Å². The van der Waals surface area contributed by atoms with Crippen LogP contribution in [0.15, 0.2) is 71.6 Å². The third-order valence-corrected chi connectivity index (χ3v) is 5.10. The molecule has 3 aromatic carbocycles. The summed E-state index contributed by atoms with van der Waals surface area (Å²) in [5.41, 5.74) is 4.70. The summed E-state index contributed by atoms with van der Waals surface area (Å²) in [6, 6.07) is 20.6. The number of aryl methyl sites for hydroxylation is 3. The molecule has 0 amide bonds. The molecule has 0 aromatic heterocycles. The van der Waals surface area contributed by atoms with Crippen molar-refractivity contribution in [3.05, 3.63) is 100 Å². The van der Waals surface area contributed by atoms with Crippen molar-refractivity contribution < 1.29 is 9.59 Å². The highest BCUT2D eigenvalue weighted by molar-refractivity contribution is 8.14. The number of benzene rings is 3. The van der Waals surface area contributed by atoms with Crippen molar-refractivity contribution in [3.63, 3.8) is 0 Å². The lowest BCUT2D eigenvalue weighted by molar-refractivity contribution is 0.102. The van der Waals surface area contributed by atoms with E-state index in [1.54, 1.807) is 24.3 Å². The second kappa shape index (κ2) is 7.71. The lowest BCUT2D eigenvalue weighted by Crippen LogP contribution is -2.09. The first-order chi connectivity index (χ1) is 12.4. The molecule has 0 heterocycles. The SMILES string of the molecule is Cc1ccc(SC(=O)c2ccc(C)cc2C(=O)c2ccc(C)cc2)cc1. The molecule has 3 aromatic rings. The normalized spacial score (nSPS) is 10.6. The van der Waals surface area contributed by atoms with Crippen LogP contribution < -0.4 is 0 Å². The molecule has 0 unspecified atom stereocenters. The van der Waals surface area contributed by atoms with Crippen LogP contribution >= 0.6 is 11.8 Å². The molecule has 0 aliphatic rings. The van der Waals surface area contributed by atoms with Gasteiger partial charge in [0.2, 0.25) is 5.12 Å². The molecule has 2 nitrogen and oxygen atoms in total. The number of hydrogen-bond donors (Lipinski definition) is 0. The topological polar surface area (TPSA) is 34.1 Å². The highest BCUT2D eigenvalue weighted by Gasteiger charge is 2.19. The number of carbonyl (C=O) groups is 2. The maximum Gasteiger partial charge on any atom is 0.224 e. The van der Waals surface area contributed by atoms with Gasteiger partial charge in [0, 0.05) is 21.6 Å². The Hall–Kier alpha value is -2.65. The molecule has 0 aliphatic carbocycles. The zero-order chi connectivity index (χ0) is 18.7. The molecule has 0 N–H and O–H groups in total. The van der Waals surface area contributed by atoms with Crippen LogP contribution in [0.4, 0.5) is 0 Å². The number of rotatable bonds is 4. The molecule has 0 bridgehead atoms. The molecule has 0 radical (unpaired) electrons. The summed E-state index contributed by atoms with van der Waals surface area (Å²) in [7, 11) is 0. The van der Waals surface area contributed by atoms with Crippen LogP contribution in [0.2, 0.25) is 0 Å². The van der Waals surface area contributed by atoms with Gasteiger partial charge in [-0.3, -0.25) is 9.59 Å². The van der Waals surface area contributed by atoms with Crippen LogP contribution in [-0.2, 0) is 0 Å².